The molecule has 1 saturated heterocycles. The lowest BCUT2D eigenvalue weighted by atomic mass is 9.97. The van der Waals surface area contributed by atoms with Crippen LogP contribution in [0.25, 0.3) is 10.8 Å². The number of hydrazone groups is 1. The maximum atomic E-state index is 13.9. The Hall–Kier alpha value is -5.38. The minimum atomic E-state index is -0.991. The van der Waals surface area contributed by atoms with Crippen molar-refractivity contribution in [3.63, 3.8) is 0 Å². The smallest absolute Gasteiger partial charge is 0.264 e. The first kappa shape index (κ1) is 26.5. The second-order valence-corrected chi connectivity index (χ2v) is 10.9. The van der Waals surface area contributed by atoms with Gasteiger partial charge >= 0.3 is 0 Å². The van der Waals surface area contributed by atoms with E-state index in [9.17, 15) is 14.4 Å². The van der Waals surface area contributed by atoms with Crippen LogP contribution in [0.5, 0.6) is 5.75 Å². The number of nitrogens with zero attached hydrogens (tertiary/aromatic N) is 6. The van der Waals surface area contributed by atoms with Crippen molar-refractivity contribution in [1.82, 2.24) is 10.0 Å². The number of imide groups is 1. The molecule has 0 unspecified atom stereocenters. The van der Waals surface area contributed by atoms with Crippen LogP contribution in [0.3, 0.4) is 0 Å². The molecule has 1 fully saturated rings. The van der Waals surface area contributed by atoms with E-state index in [4.69, 9.17) is 9.84 Å². The van der Waals surface area contributed by atoms with Crippen molar-refractivity contribution < 1.29 is 19.1 Å². The molecule has 3 atom stereocenters. The molecule has 7 rings (SSSR count). The Morgan fingerprint density at radius 2 is 1.65 bits per heavy atom. The summed E-state index contributed by atoms with van der Waals surface area (Å²) in [6, 6.07) is 26.6. The zero-order chi connectivity index (χ0) is 29.7. The molecular formula is C33H28N6O4. The van der Waals surface area contributed by atoms with E-state index in [1.807, 2.05) is 73.7 Å². The van der Waals surface area contributed by atoms with Gasteiger partial charge in [0.1, 0.15) is 12.3 Å². The van der Waals surface area contributed by atoms with Gasteiger partial charge in [-0.3, -0.25) is 19.4 Å². The zero-order valence-electron chi connectivity index (χ0n) is 23.6. The van der Waals surface area contributed by atoms with Crippen LogP contribution in [0.4, 0.5) is 5.69 Å². The second kappa shape index (κ2) is 10.5. The lowest BCUT2D eigenvalue weighted by Crippen LogP contribution is -2.44. The predicted octanol–water partition coefficient (Wildman–Crippen LogP) is 4.83. The number of fused-ring (bicyclic) bond motifs is 2. The van der Waals surface area contributed by atoms with Gasteiger partial charge < -0.3 is 4.74 Å². The lowest BCUT2D eigenvalue weighted by Gasteiger charge is -2.25. The topological polar surface area (TPSA) is 107 Å². The van der Waals surface area contributed by atoms with Gasteiger partial charge in [0.05, 0.1) is 24.6 Å². The Balaban J connectivity index is 1.17. The maximum Gasteiger partial charge on any atom is 0.264 e. The van der Waals surface area contributed by atoms with Crippen molar-refractivity contribution in [3.05, 3.63) is 108 Å². The predicted molar refractivity (Wildman–Crippen MR) is 160 cm³/mol. The molecule has 0 aromatic heterocycles. The summed E-state index contributed by atoms with van der Waals surface area (Å²) in [4.78, 5) is 41.7. The van der Waals surface area contributed by atoms with Crippen LogP contribution in [0.2, 0.25) is 0 Å². The summed E-state index contributed by atoms with van der Waals surface area (Å²) < 4.78 is 5.33. The molecule has 0 saturated carbocycles. The fraction of sp³-hybridized carbons (Fsp3) is 0.212. The summed E-state index contributed by atoms with van der Waals surface area (Å²) in [6.45, 7) is 1.67. The summed E-state index contributed by atoms with van der Waals surface area (Å²) >= 11 is 0. The molecule has 214 valence electrons. The number of benzene rings is 4. The maximum absolute atomic E-state index is 13.9. The van der Waals surface area contributed by atoms with Crippen LogP contribution in [0.1, 0.15) is 29.2 Å². The van der Waals surface area contributed by atoms with Gasteiger partial charge in [0, 0.05) is 6.42 Å². The first-order valence-corrected chi connectivity index (χ1v) is 14.1. The highest BCUT2D eigenvalue weighted by Crippen LogP contribution is 2.36. The van der Waals surface area contributed by atoms with Crippen LogP contribution in [-0.4, -0.2) is 59.2 Å². The Kier molecular flexibility index (Phi) is 6.46. The van der Waals surface area contributed by atoms with Crippen molar-refractivity contribution in [2.75, 3.05) is 18.6 Å². The highest BCUT2D eigenvalue weighted by molar-refractivity contribution is 6.25. The molecule has 0 bridgehead atoms. The minimum Gasteiger partial charge on any atom is -0.497 e. The van der Waals surface area contributed by atoms with Crippen molar-refractivity contribution in [2.24, 2.45) is 15.4 Å². The number of aryl methyl sites for hydroxylation is 1. The van der Waals surface area contributed by atoms with E-state index < -0.39 is 23.9 Å². The highest BCUT2D eigenvalue weighted by atomic mass is 16.5. The van der Waals surface area contributed by atoms with Gasteiger partial charge in [-0.15, -0.1) is 0 Å². The number of amides is 3. The van der Waals surface area contributed by atoms with Gasteiger partial charge in [0.15, 0.2) is 12.1 Å². The molecule has 4 aromatic rings. The normalized spacial score (nSPS) is 21.1. The number of rotatable bonds is 6. The third kappa shape index (κ3) is 4.61. The number of anilines is 1. The number of methoxy groups -OCH3 is 1. The first-order valence-electron chi connectivity index (χ1n) is 14.1. The van der Waals surface area contributed by atoms with Crippen LogP contribution >= 0.6 is 0 Å². The van der Waals surface area contributed by atoms with Crippen LogP contribution in [0, 0.1) is 6.92 Å². The number of hydrogen-bond donors (Lipinski definition) is 0. The molecule has 3 heterocycles. The molecule has 4 aromatic carbocycles. The van der Waals surface area contributed by atoms with E-state index in [-0.39, 0.29) is 18.5 Å². The van der Waals surface area contributed by atoms with Crippen LogP contribution < -0.4 is 9.64 Å². The molecule has 3 aliphatic heterocycles. The van der Waals surface area contributed by atoms with E-state index >= 15 is 0 Å². The van der Waals surface area contributed by atoms with E-state index in [1.54, 1.807) is 19.2 Å². The third-order valence-electron chi connectivity index (χ3n) is 8.20. The number of carbonyl (C=O) groups is 3. The summed E-state index contributed by atoms with van der Waals surface area (Å²) in [5.74, 6) is -0.553. The Morgan fingerprint density at radius 1 is 0.907 bits per heavy atom. The summed E-state index contributed by atoms with van der Waals surface area (Å²) in [5, 5.41) is 18.0. The number of carbonyl (C=O) groups excluding carboxylic acids is 3. The Morgan fingerprint density at radius 3 is 2.40 bits per heavy atom. The molecule has 0 aliphatic carbocycles. The van der Waals surface area contributed by atoms with Crippen molar-refractivity contribution >= 4 is 39.9 Å². The lowest BCUT2D eigenvalue weighted by molar-refractivity contribution is -0.135. The molecule has 10 nitrogen and oxygen atoms in total. The third-order valence-corrected chi connectivity index (χ3v) is 8.20. The quantitative estimate of drug-likeness (QED) is 0.308. The number of ether oxygens (including phenoxy) is 1. The van der Waals surface area contributed by atoms with Gasteiger partial charge in [-0.05, 0) is 59.2 Å². The molecule has 10 heteroatoms. The summed E-state index contributed by atoms with van der Waals surface area (Å²) in [5.41, 5.74) is 4.08. The van der Waals surface area contributed by atoms with Gasteiger partial charge in [-0.1, -0.05) is 71.5 Å². The molecule has 0 N–H and O–H groups in total. The molecule has 3 amide bonds. The van der Waals surface area contributed by atoms with E-state index in [0.717, 1.165) is 38.1 Å². The average Bonchev–Trinajstić information content (AvgIpc) is 3.73. The summed E-state index contributed by atoms with van der Waals surface area (Å²) in [7, 11) is 1.61. The van der Waals surface area contributed by atoms with E-state index in [2.05, 4.69) is 22.5 Å². The standard InChI is InChI=1S/C33H28N6O4/c1-20-7-13-25(14-8-20)38-32(41)30-31(33(38)42)37(36-34-30)19-29(40)39-28(22-11-15-26(43-2)16-12-22)18-27(35-39)24-10-9-21-5-3-4-6-23(21)17-24/h3-17,28,30-31H,18-19H2,1-2H3/t28-,30-,31+/m0/s1. The second-order valence-electron chi connectivity index (χ2n) is 10.9. The molecule has 0 spiro atoms. The molecule has 43 heavy (non-hydrogen) atoms. The highest BCUT2D eigenvalue weighted by Gasteiger charge is 2.55. The van der Waals surface area contributed by atoms with Gasteiger partial charge in [0.2, 0.25) is 0 Å². The molecule has 0 radical (unpaired) electrons. The molecular weight excluding hydrogens is 544 g/mol. The Labute approximate surface area is 247 Å². The monoisotopic (exact) mass is 572 g/mol. The van der Waals surface area contributed by atoms with Crippen LogP contribution in [0.15, 0.2) is 106 Å². The van der Waals surface area contributed by atoms with Gasteiger partial charge in [0.25, 0.3) is 17.7 Å². The van der Waals surface area contributed by atoms with Gasteiger partial charge in [-0.25, -0.2) is 9.91 Å². The minimum absolute atomic E-state index is 0.257. The first-order chi connectivity index (χ1) is 20.9. The van der Waals surface area contributed by atoms with E-state index in [1.165, 1.54) is 10.0 Å². The fourth-order valence-electron chi connectivity index (χ4n) is 5.88. The van der Waals surface area contributed by atoms with Crippen molar-refractivity contribution in [2.45, 2.75) is 31.5 Å². The van der Waals surface area contributed by atoms with Crippen molar-refractivity contribution in [1.29, 1.82) is 0 Å². The zero-order valence-corrected chi connectivity index (χ0v) is 23.6. The van der Waals surface area contributed by atoms with Crippen LogP contribution in [-0.2, 0) is 14.4 Å². The van der Waals surface area contributed by atoms with Crippen molar-refractivity contribution in [3.8, 4) is 5.75 Å². The van der Waals surface area contributed by atoms with Gasteiger partial charge in [-0.2, -0.15) is 10.2 Å². The largest absolute Gasteiger partial charge is 0.497 e. The fourth-order valence-corrected chi connectivity index (χ4v) is 5.88. The number of hydrogen-bond acceptors (Lipinski definition) is 8. The molecule has 3 aliphatic rings. The Bertz CT molecular complexity index is 1820. The average molecular weight is 573 g/mol. The summed E-state index contributed by atoms with van der Waals surface area (Å²) in [6.07, 6.45) is 0.503. The SMILES string of the molecule is COc1ccc([C@@H]2CC(c3ccc4ccccc4c3)=NN2C(=O)CN2N=N[C@@H]3C(=O)N(c4ccc(C)cc4)C(=O)[C@@H]32)cc1. The van der Waals surface area contributed by atoms with E-state index in [0.29, 0.717) is 17.9 Å².